The first-order valence-electron chi connectivity index (χ1n) is 5.91. The van der Waals surface area contributed by atoms with Crippen LogP contribution in [-0.2, 0) is 4.74 Å². The summed E-state index contributed by atoms with van der Waals surface area (Å²) in [6.45, 7) is 0. The van der Waals surface area contributed by atoms with E-state index in [-0.39, 0.29) is 22.1 Å². The van der Waals surface area contributed by atoms with E-state index < -0.39 is 5.97 Å². The molecule has 0 N–H and O–H groups in total. The van der Waals surface area contributed by atoms with E-state index in [1.54, 1.807) is 24.3 Å². The molecule has 8 nitrogen and oxygen atoms in total. The molecule has 106 valence electrons. The van der Waals surface area contributed by atoms with Gasteiger partial charge in [-0.1, -0.05) is 35.5 Å². The van der Waals surface area contributed by atoms with E-state index in [1.807, 2.05) is 6.07 Å². The van der Waals surface area contributed by atoms with E-state index in [0.29, 0.717) is 11.3 Å². The fourth-order valence-electron chi connectivity index (χ4n) is 1.83. The Bertz CT molecular complexity index is 778. The second-order valence-electron chi connectivity index (χ2n) is 4.06. The van der Waals surface area contributed by atoms with Gasteiger partial charge in [0.2, 0.25) is 5.76 Å². The summed E-state index contributed by atoms with van der Waals surface area (Å²) >= 11 is 0. The van der Waals surface area contributed by atoms with E-state index in [0.717, 1.165) is 0 Å². The Morgan fingerprint density at radius 1 is 1.29 bits per heavy atom. The van der Waals surface area contributed by atoms with Gasteiger partial charge in [-0.2, -0.15) is 0 Å². The summed E-state index contributed by atoms with van der Waals surface area (Å²) in [6, 6.07) is 10.3. The van der Waals surface area contributed by atoms with Crippen molar-refractivity contribution in [2.45, 2.75) is 0 Å². The molecule has 2 heterocycles. The largest absolute Gasteiger partial charge is 0.463 e. The number of benzene rings is 1. The monoisotopic (exact) mass is 287 g/mol. The molecule has 0 aliphatic rings. The maximum atomic E-state index is 11.8. The van der Waals surface area contributed by atoms with Crippen molar-refractivity contribution in [3.63, 3.8) is 0 Å². The predicted octanol–water partition coefficient (Wildman–Crippen LogP) is 1.42. The van der Waals surface area contributed by atoms with Crippen LogP contribution in [0, 0.1) is 5.21 Å². The van der Waals surface area contributed by atoms with Gasteiger partial charge >= 0.3 is 5.97 Å². The SMILES string of the molecule is COC(=O)c1cc(-c2c(-c3ccccc3)no[n+]2[O-])no1. The number of rotatable bonds is 3. The number of carbonyl (C=O) groups excluding carboxylic acids is 1. The van der Waals surface area contributed by atoms with Gasteiger partial charge in [-0.05, 0) is 4.90 Å². The molecule has 8 heteroatoms. The quantitative estimate of drug-likeness (QED) is 0.529. The Kier molecular flexibility index (Phi) is 3.11. The zero-order valence-corrected chi connectivity index (χ0v) is 10.8. The molecule has 0 atom stereocenters. The molecular formula is C13H9N3O5. The highest BCUT2D eigenvalue weighted by Gasteiger charge is 2.27. The summed E-state index contributed by atoms with van der Waals surface area (Å²) in [6.07, 6.45) is 0. The molecule has 0 aliphatic heterocycles. The number of esters is 1. The molecule has 3 rings (SSSR count). The summed E-state index contributed by atoms with van der Waals surface area (Å²) in [4.78, 5) is 11.6. The van der Waals surface area contributed by atoms with Gasteiger partial charge in [0.05, 0.1) is 7.11 Å². The van der Waals surface area contributed by atoms with Crippen molar-refractivity contribution in [1.82, 2.24) is 10.3 Å². The van der Waals surface area contributed by atoms with Crippen molar-refractivity contribution in [3.05, 3.63) is 47.4 Å². The summed E-state index contributed by atoms with van der Waals surface area (Å²) in [5.74, 6) is -0.809. The minimum atomic E-state index is -0.691. The highest BCUT2D eigenvalue weighted by Crippen LogP contribution is 2.27. The number of aromatic nitrogens is 3. The first kappa shape index (κ1) is 12.9. The molecule has 0 aliphatic carbocycles. The highest BCUT2D eigenvalue weighted by molar-refractivity contribution is 5.87. The topological polar surface area (TPSA) is 105 Å². The van der Waals surface area contributed by atoms with Crippen LogP contribution in [-0.4, -0.2) is 23.4 Å². The molecular weight excluding hydrogens is 278 g/mol. The summed E-state index contributed by atoms with van der Waals surface area (Å²) in [5.41, 5.74) is 1.16. The third-order valence-corrected chi connectivity index (χ3v) is 2.80. The van der Waals surface area contributed by atoms with Crippen LogP contribution in [0.3, 0.4) is 0 Å². The van der Waals surface area contributed by atoms with E-state index >= 15 is 0 Å². The van der Waals surface area contributed by atoms with Crippen molar-refractivity contribution >= 4 is 5.97 Å². The molecule has 0 amide bonds. The molecule has 0 saturated carbocycles. The lowest BCUT2D eigenvalue weighted by molar-refractivity contribution is -0.793. The standard InChI is InChI=1S/C13H9N3O5/c1-19-13(17)10-7-9(14-20-10)12-11(15-21-16(12)18)8-5-3-2-4-6-8/h2-7H,1H3. The number of carbonyl (C=O) groups is 1. The fourth-order valence-corrected chi connectivity index (χ4v) is 1.83. The third kappa shape index (κ3) is 2.22. The average molecular weight is 287 g/mol. The number of hydrogen-bond acceptors (Lipinski definition) is 7. The molecule has 0 unspecified atom stereocenters. The zero-order chi connectivity index (χ0) is 14.8. The highest BCUT2D eigenvalue weighted by atomic mass is 16.8. The maximum Gasteiger partial charge on any atom is 0.376 e. The smallest absolute Gasteiger partial charge is 0.376 e. The van der Waals surface area contributed by atoms with Crippen LogP contribution >= 0.6 is 0 Å². The van der Waals surface area contributed by atoms with Gasteiger partial charge in [0.15, 0.2) is 5.69 Å². The van der Waals surface area contributed by atoms with Crippen LogP contribution in [0.5, 0.6) is 0 Å². The number of hydrogen-bond donors (Lipinski definition) is 0. The van der Waals surface area contributed by atoms with Gasteiger partial charge < -0.3 is 14.5 Å². The van der Waals surface area contributed by atoms with Crippen molar-refractivity contribution in [2.75, 3.05) is 7.11 Å². The van der Waals surface area contributed by atoms with Crippen molar-refractivity contribution in [2.24, 2.45) is 0 Å². The van der Waals surface area contributed by atoms with E-state index in [1.165, 1.54) is 13.2 Å². The van der Waals surface area contributed by atoms with E-state index in [2.05, 4.69) is 19.7 Å². The summed E-state index contributed by atoms with van der Waals surface area (Å²) < 4.78 is 14.0. The Balaban J connectivity index is 2.09. The number of ether oxygens (including phenoxy) is 1. The summed E-state index contributed by atoms with van der Waals surface area (Å²) in [5, 5.41) is 19.1. The van der Waals surface area contributed by atoms with Crippen LogP contribution in [0.4, 0.5) is 0 Å². The van der Waals surface area contributed by atoms with Gasteiger partial charge in [0.25, 0.3) is 11.4 Å². The van der Waals surface area contributed by atoms with Crippen LogP contribution in [0.2, 0.25) is 0 Å². The van der Waals surface area contributed by atoms with Gasteiger partial charge in [-0.15, -0.1) is 0 Å². The fraction of sp³-hybridized carbons (Fsp3) is 0.0769. The predicted molar refractivity (Wildman–Crippen MR) is 67.7 cm³/mol. The maximum absolute atomic E-state index is 11.8. The van der Waals surface area contributed by atoms with Gasteiger partial charge in [-0.3, -0.25) is 4.63 Å². The lowest BCUT2D eigenvalue weighted by Gasteiger charge is -1.94. The average Bonchev–Trinajstić information content (AvgIpc) is 3.13. The molecule has 0 bridgehead atoms. The second kappa shape index (κ2) is 5.08. The number of nitrogens with zero attached hydrogens (tertiary/aromatic N) is 3. The normalized spacial score (nSPS) is 10.5. The van der Waals surface area contributed by atoms with Crippen molar-refractivity contribution < 1.29 is 23.6 Å². The molecule has 2 aromatic heterocycles. The molecule has 0 radical (unpaired) electrons. The van der Waals surface area contributed by atoms with Gasteiger partial charge in [0.1, 0.15) is 0 Å². The van der Waals surface area contributed by atoms with E-state index in [9.17, 15) is 10.0 Å². The zero-order valence-electron chi connectivity index (χ0n) is 10.8. The molecule has 21 heavy (non-hydrogen) atoms. The Morgan fingerprint density at radius 3 is 2.76 bits per heavy atom. The Labute approximate surface area is 118 Å². The summed E-state index contributed by atoms with van der Waals surface area (Å²) in [7, 11) is 1.22. The van der Waals surface area contributed by atoms with E-state index in [4.69, 9.17) is 4.52 Å². The first-order chi connectivity index (χ1) is 10.2. The lowest BCUT2D eigenvalue weighted by atomic mass is 10.1. The van der Waals surface area contributed by atoms with Gasteiger partial charge in [-0.25, -0.2) is 4.79 Å². The van der Waals surface area contributed by atoms with Crippen LogP contribution in [0.15, 0.2) is 45.6 Å². The molecule has 3 aromatic rings. The molecule has 0 spiro atoms. The third-order valence-electron chi connectivity index (χ3n) is 2.80. The lowest BCUT2D eigenvalue weighted by Crippen LogP contribution is -2.25. The Hall–Kier alpha value is -3.16. The van der Waals surface area contributed by atoms with Crippen LogP contribution in [0.25, 0.3) is 22.6 Å². The molecule has 0 saturated heterocycles. The Morgan fingerprint density at radius 2 is 2.05 bits per heavy atom. The second-order valence-corrected chi connectivity index (χ2v) is 4.06. The van der Waals surface area contributed by atoms with Gasteiger partial charge in [0, 0.05) is 16.8 Å². The van der Waals surface area contributed by atoms with Crippen LogP contribution in [0.1, 0.15) is 10.6 Å². The van der Waals surface area contributed by atoms with Crippen molar-refractivity contribution in [1.29, 1.82) is 0 Å². The molecule has 0 fully saturated rings. The number of methoxy groups -OCH3 is 1. The minimum absolute atomic E-state index is 0.0557. The minimum Gasteiger partial charge on any atom is -0.463 e. The van der Waals surface area contributed by atoms with Crippen LogP contribution < -0.4 is 4.90 Å². The first-order valence-corrected chi connectivity index (χ1v) is 5.91. The molecule has 1 aromatic carbocycles. The van der Waals surface area contributed by atoms with Crippen molar-refractivity contribution in [3.8, 4) is 22.6 Å².